The molecule has 0 aliphatic heterocycles. The largest absolute Gasteiger partial charge is 0.480 e. The molecule has 19 heavy (non-hydrogen) atoms. The number of carboxylic acid groups (broad SMARTS) is 1. The number of hydrogen-bond acceptors (Lipinski definition) is 2. The summed E-state index contributed by atoms with van der Waals surface area (Å²) >= 11 is 0. The molecular weight excluding hydrogens is 242 g/mol. The summed E-state index contributed by atoms with van der Waals surface area (Å²) in [6, 6.07) is 9.16. The molecule has 0 radical (unpaired) electrons. The molecule has 0 aliphatic carbocycles. The second-order valence-corrected chi connectivity index (χ2v) is 4.60. The first-order valence-corrected chi connectivity index (χ1v) is 5.97. The van der Waals surface area contributed by atoms with E-state index in [4.69, 9.17) is 5.11 Å². The lowest BCUT2D eigenvalue weighted by Gasteiger charge is -2.09. The first-order valence-electron chi connectivity index (χ1n) is 5.97. The second-order valence-electron chi connectivity index (χ2n) is 4.60. The number of aryl methyl sites for hydroxylation is 2. The van der Waals surface area contributed by atoms with Crippen LogP contribution < -0.4 is 5.56 Å². The van der Waals surface area contributed by atoms with Crippen LogP contribution in [0, 0.1) is 13.8 Å². The molecule has 4 heteroatoms. The van der Waals surface area contributed by atoms with Gasteiger partial charge in [-0.25, -0.2) is 0 Å². The van der Waals surface area contributed by atoms with Crippen molar-refractivity contribution >= 4 is 5.97 Å². The molecule has 0 bridgehead atoms. The SMILES string of the molecule is Cc1ccc(-c2ccc(=O)n(CC(=O)O)c2)c(C)c1. The van der Waals surface area contributed by atoms with E-state index in [2.05, 4.69) is 6.07 Å². The molecule has 2 rings (SSSR count). The molecule has 2 aromatic rings. The standard InChI is InChI=1S/C15H15NO3/c1-10-3-5-13(11(2)7-10)12-4-6-14(17)16(8-12)9-15(18)19/h3-8H,9H2,1-2H3,(H,18,19). The molecule has 0 unspecified atom stereocenters. The minimum atomic E-state index is -1.03. The van der Waals surface area contributed by atoms with Gasteiger partial charge in [0.1, 0.15) is 6.54 Å². The van der Waals surface area contributed by atoms with Crippen molar-refractivity contribution in [3.63, 3.8) is 0 Å². The molecule has 0 saturated heterocycles. The highest BCUT2D eigenvalue weighted by molar-refractivity contribution is 5.69. The molecule has 0 spiro atoms. The van der Waals surface area contributed by atoms with Gasteiger partial charge in [-0.15, -0.1) is 0 Å². The summed E-state index contributed by atoms with van der Waals surface area (Å²) in [5, 5.41) is 8.78. The van der Waals surface area contributed by atoms with Crippen molar-refractivity contribution < 1.29 is 9.90 Å². The van der Waals surface area contributed by atoms with E-state index in [1.54, 1.807) is 12.3 Å². The predicted octanol–water partition coefficient (Wildman–Crippen LogP) is 2.22. The summed E-state index contributed by atoms with van der Waals surface area (Å²) in [4.78, 5) is 22.3. The second kappa shape index (κ2) is 5.10. The van der Waals surface area contributed by atoms with Crippen LogP contribution in [0.25, 0.3) is 11.1 Å². The smallest absolute Gasteiger partial charge is 0.323 e. The van der Waals surface area contributed by atoms with Gasteiger partial charge in [0.05, 0.1) is 0 Å². The highest BCUT2D eigenvalue weighted by Gasteiger charge is 2.06. The van der Waals surface area contributed by atoms with Crippen molar-refractivity contribution in [2.75, 3.05) is 0 Å². The molecule has 0 saturated carbocycles. The molecular formula is C15H15NO3. The number of benzene rings is 1. The third kappa shape index (κ3) is 2.91. The number of hydrogen-bond donors (Lipinski definition) is 1. The Labute approximate surface area is 110 Å². The lowest BCUT2D eigenvalue weighted by Crippen LogP contribution is -2.22. The van der Waals surface area contributed by atoms with E-state index < -0.39 is 5.97 Å². The van der Waals surface area contributed by atoms with Crippen molar-refractivity contribution in [1.29, 1.82) is 0 Å². The summed E-state index contributed by atoms with van der Waals surface area (Å²) in [7, 11) is 0. The summed E-state index contributed by atoms with van der Waals surface area (Å²) in [6.07, 6.45) is 1.59. The zero-order chi connectivity index (χ0) is 14.0. The van der Waals surface area contributed by atoms with Crippen molar-refractivity contribution in [3.8, 4) is 11.1 Å². The van der Waals surface area contributed by atoms with Gasteiger partial charge in [0.2, 0.25) is 0 Å². The van der Waals surface area contributed by atoms with Crippen molar-refractivity contribution in [2.45, 2.75) is 20.4 Å². The van der Waals surface area contributed by atoms with Gasteiger partial charge in [-0.2, -0.15) is 0 Å². The molecule has 1 N–H and O–H groups in total. The van der Waals surface area contributed by atoms with Gasteiger partial charge in [0.15, 0.2) is 0 Å². The third-order valence-electron chi connectivity index (χ3n) is 2.98. The van der Waals surface area contributed by atoms with Gasteiger partial charge in [-0.05, 0) is 36.6 Å². The molecule has 4 nitrogen and oxygen atoms in total. The van der Waals surface area contributed by atoms with Crippen LogP contribution in [0.4, 0.5) is 0 Å². The number of carboxylic acids is 1. The van der Waals surface area contributed by atoms with Crippen LogP contribution in [0.15, 0.2) is 41.3 Å². The van der Waals surface area contributed by atoms with E-state index in [0.717, 1.165) is 16.7 Å². The minimum absolute atomic E-state index is 0.309. The Hall–Kier alpha value is -2.36. The molecule has 98 valence electrons. The fourth-order valence-corrected chi connectivity index (χ4v) is 2.10. The van der Waals surface area contributed by atoms with Crippen LogP contribution in [0.5, 0.6) is 0 Å². The lowest BCUT2D eigenvalue weighted by molar-refractivity contribution is -0.137. The molecule has 1 aromatic carbocycles. The van der Waals surface area contributed by atoms with Crippen LogP contribution in [0.3, 0.4) is 0 Å². The topological polar surface area (TPSA) is 59.3 Å². The van der Waals surface area contributed by atoms with E-state index in [1.807, 2.05) is 26.0 Å². The van der Waals surface area contributed by atoms with Crippen molar-refractivity contribution in [3.05, 3.63) is 58.0 Å². The van der Waals surface area contributed by atoms with E-state index in [1.165, 1.54) is 16.2 Å². The first-order chi connectivity index (χ1) is 8.97. The monoisotopic (exact) mass is 257 g/mol. The Kier molecular flexibility index (Phi) is 3.51. The highest BCUT2D eigenvalue weighted by atomic mass is 16.4. The van der Waals surface area contributed by atoms with E-state index in [9.17, 15) is 9.59 Å². The highest BCUT2D eigenvalue weighted by Crippen LogP contribution is 2.23. The molecule has 1 aromatic heterocycles. The van der Waals surface area contributed by atoms with Crippen LogP contribution in [0.1, 0.15) is 11.1 Å². The quantitative estimate of drug-likeness (QED) is 0.917. The Bertz CT molecular complexity index is 686. The van der Waals surface area contributed by atoms with Gasteiger partial charge in [-0.1, -0.05) is 23.8 Å². The zero-order valence-electron chi connectivity index (χ0n) is 10.9. The Balaban J connectivity index is 2.51. The molecule has 0 aliphatic rings. The summed E-state index contributed by atoms with van der Waals surface area (Å²) in [5.74, 6) is -1.03. The zero-order valence-corrected chi connectivity index (χ0v) is 10.9. The van der Waals surface area contributed by atoms with Crippen molar-refractivity contribution in [1.82, 2.24) is 4.57 Å². The number of aromatic nitrogens is 1. The number of aliphatic carboxylic acids is 1. The van der Waals surface area contributed by atoms with Crippen LogP contribution in [-0.2, 0) is 11.3 Å². The summed E-state index contributed by atoms with van der Waals surface area (Å²) in [6.45, 7) is 3.69. The van der Waals surface area contributed by atoms with Crippen LogP contribution in [-0.4, -0.2) is 15.6 Å². The van der Waals surface area contributed by atoms with E-state index in [-0.39, 0.29) is 12.1 Å². The molecule has 0 atom stereocenters. The molecule has 0 amide bonds. The van der Waals surface area contributed by atoms with Crippen LogP contribution >= 0.6 is 0 Å². The minimum Gasteiger partial charge on any atom is -0.480 e. The first kappa shape index (κ1) is 13.1. The number of carbonyl (C=O) groups is 1. The normalized spacial score (nSPS) is 10.4. The van der Waals surface area contributed by atoms with Gasteiger partial charge in [-0.3, -0.25) is 9.59 Å². The fraction of sp³-hybridized carbons (Fsp3) is 0.200. The Morgan fingerprint density at radius 2 is 1.95 bits per heavy atom. The number of rotatable bonds is 3. The Morgan fingerprint density at radius 3 is 2.58 bits per heavy atom. The maximum absolute atomic E-state index is 11.6. The molecule has 0 fully saturated rings. The van der Waals surface area contributed by atoms with Crippen LogP contribution in [0.2, 0.25) is 0 Å². The molecule has 1 heterocycles. The van der Waals surface area contributed by atoms with E-state index in [0.29, 0.717) is 0 Å². The van der Waals surface area contributed by atoms with Gasteiger partial charge < -0.3 is 9.67 Å². The summed E-state index contributed by atoms with van der Waals surface area (Å²) in [5.41, 5.74) is 3.81. The van der Waals surface area contributed by atoms with E-state index >= 15 is 0 Å². The lowest BCUT2D eigenvalue weighted by atomic mass is 10.0. The van der Waals surface area contributed by atoms with Crippen molar-refractivity contribution in [2.24, 2.45) is 0 Å². The summed E-state index contributed by atoms with van der Waals surface area (Å²) < 4.78 is 1.21. The van der Waals surface area contributed by atoms with Gasteiger partial charge in [0.25, 0.3) is 5.56 Å². The average molecular weight is 257 g/mol. The maximum atomic E-state index is 11.6. The fourth-order valence-electron chi connectivity index (χ4n) is 2.10. The predicted molar refractivity (Wildman–Crippen MR) is 73.2 cm³/mol. The number of pyridine rings is 1. The maximum Gasteiger partial charge on any atom is 0.323 e. The average Bonchev–Trinajstić information content (AvgIpc) is 2.32. The third-order valence-corrected chi connectivity index (χ3v) is 2.98. The van der Waals surface area contributed by atoms with Gasteiger partial charge >= 0.3 is 5.97 Å². The Morgan fingerprint density at radius 1 is 1.21 bits per heavy atom. The van der Waals surface area contributed by atoms with Gasteiger partial charge in [0, 0.05) is 12.3 Å². The number of nitrogens with zero attached hydrogens (tertiary/aromatic N) is 1.